The molecule has 2 aliphatic rings. The number of aliphatic imine (C=N–C) groups is 1. The minimum absolute atomic E-state index is 0.125. The molecule has 1 atom stereocenters. The molecule has 6 nitrogen and oxygen atoms in total. The third kappa shape index (κ3) is 3.93. The molecule has 0 saturated carbocycles. The average molecular weight is 409 g/mol. The number of ether oxygens (including phenoxy) is 1. The van der Waals surface area contributed by atoms with Crippen molar-refractivity contribution in [3.63, 3.8) is 0 Å². The number of nitrogens with one attached hydrogen (secondary N) is 1. The number of nitrogens with zero attached hydrogens (tertiary/aromatic N) is 3. The van der Waals surface area contributed by atoms with E-state index in [-0.39, 0.29) is 11.2 Å². The first-order valence-corrected chi connectivity index (χ1v) is 11.4. The van der Waals surface area contributed by atoms with Crippen molar-refractivity contribution in [2.24, 2.45) is 10.4 Å². The molecule has 28 heavy (non-hydrogen) atoms. The van der Waals surface area contributed by atoms with Crippen LogP contribution in [0.4, 0.5) is 10.1 Å². The lowest BCUT2D eigenvalue weighted by molar-refractivity contribution is 0.155. The fraction of sp³-hybridized carbons (Fsp3) is 0.550. The van der Waals surface area contributed by atoms with E-state index in [0.717, 1.165) is 51.1 Å². The van der Waals surface area contributed by atoms with Gasteiger partial charge in [0.1, 0.15) is 9.92 Å². The second kappa shape index (κ2) is 7.83. The second-order valence-corrected chi connectivity index (χ2v) is 9.86. The molecule has 2 fully saturated rings. The first-order chi connectivity index (χ1) is 13.2. The summed E-state index contributed by atoms with van der Waals surface area (Å²) >= 11 is 0. The highest BCUT2D eigenvalue weighted by Gasteiger charge is 2.42. The SMILES string of the molecule is C=Nc1cc(OC)c(F)cc1/C(=C\C)N1CCC2(CC1)CCN([S@@](C)(=N)=O)C2. The molecule has 1 aromatic rings. The van der Waals surface area contributed by atoms with Gasteiger partial charge in [-0.25, -0.2) is 17.7 Å². The summed E-state index contributed by atoms with van der Waals surface area (Å²) in [5.74, 6) is -0.263. The molecule has 0 unspecified atom stereocenters. The van der Waals surface area contributed by atoms with Gasteiger partial charge in [0.2, 0.25) is 0 Å². The minimum Gasteiger partial charge on any atom is -0.494 e. The molecule has 2 saturated heterocycles. The van der Waals surface area contributed by atoms with E-state index in [0.29, 0.717) is 11.3 Å². The normalized spacial score (nSPS) is 22.3. The Bertz CT molecular complexity index is 890. The van der Waals surface area contributed by atoms with Crippen molar-refractivity contribution >= 4 is 28.0 Å². The van der Waals surface area contributed by atoms with Gasteiger partial charge in [-0.05, 0) is 44.4 Å². The fourth-order valence-electron chi connectivity index (χ4n) is 4.37. The minimum atomic E-state index is -2.64. The number of methoxy groups -OCH3 is 1. The number of benzene rings is 1. The highest BCUT2D eigenvalue weighted by atomic mass is 32.2. The van der Waals surface area contributed by atoms with Crippen LogP contribution in [0, 0.1) is 16.0 Å². The molecule has 0 amide bonds. The van der Waals surface area contributed by atoms with E-state index in [4.69, 9.17) is 9.52 Å². The van der Waals surface area contributed by atoms with Gasteiger partial charge in [-0.15, -0.1) is 0 Å². The van der Waals surface area contributed by atoms with E-state index in [1.807, 2.05) is 17.3 Å². The van der Waals surface area contributed by atoms with E-state index < -0.39 is 15.7 Å². The third-order valence-corrected chi connectivity index (χ3v) is 7.35. The van der Waals surface area contributed by atoms with E-state index in [1.54, 1.807) is 6.07 Å². The molecule has 0 radical (unpaired) electrons. The van der Waals surface area contributed by atoms with Crippen LogP contribution in [0.15, 0.2) is 23.2 Å². The maximum Gasteiger partial charge on any atom is 0.165 e. The van der Waals surface area contributed by atoms with Crippen LogP contribution in [0.1, 0.15) is 31.7 Å². The lowest BCUT2D eigenvalue weighted by atomic mass is 9.77. The maximum atomic E-state index is 14.3. The number of hydrogen-bond acceptors (Lipinski definition) is 5. The van der Waals surface area contributed by atoms with Crippen molar-refractivity contribution < 1.29 is 13.3 Å². The molecule has 2 heterocycles. The van der Waals surface area contributed by atoms with Crippen molar-refractivity contribution in [2.45, 2.75) is 26.2 Å². The Balaban J connectivity index is 1.79. The van der Waals surface area contributed by atoms with Gasteiger partial charge in [0.15, 0.2) is 11.6 Å². The zero-order chi connectivity index (χ0) is 20.5. The van der Waals surface area contributed by atoms with Gasteiger partial charge < -0.3 is 9.64 Å². The Hall–Kier alpha value is -1.93. The molecule has 1 N–H and O–H groups in total. The van der Waals surface area contributed by atoms with E-state index >= 15 is 0 Å². The largest absolute Gasteiger partial charge is 0.494 e. The topological polar surface area (TPSA) is 69.0 Å². The van der Waals surface area contributed by atoms with Crippen LogP contribution in [-0.4, -0.2) is 59.7 Å². The predicted octanol–water partition coefficient (Wildman–Crippen LogP) is 3.91. The molecule has 154 valence electrons. The van der Waals surface area contributed by atoms with Crippen molar-refractivity contribution in [3.05, 3.63) is 29.6 Å². The van der Waals surface area contributed by atoms with Gasteiger partial charge in [-0.3, -0.25) is 4.99 Å². The number of likely N-dealkylation sites (tertiary alicyclic amines) is 1. The third-order valence-electron chi connectivity index (χ3n) is 6.05. The average Bonchev–Trinajstić information content (AvgIpc) is 3.08. The Morgan fingerprint density at radius 1 is 1.36 bits per heavy atom. The van der Waals surface area contributed by atoms with Crippen LogP contribution < -0.4 is 4.74 Å². The quantitative estimate of drug-likeness (QED) is 0.751. The summed E-state index contributed by atoms with van der Waals surface area (Å²) in [6.07, 6.45) is 6.39. The van der Waals surface area contributed by atoms with Crippen LogP contribution in [0.2, 0.25) is 0 Å². The maximum absolute atomic E-state index is 14.3. The van der Waals surface area contributed by atoms with Crippen LogP contribution in [-0.2, 0) is 9.92 Å². The van der Waals surface area contributed by atoms with E-state index in [1.165, 1.54) is 19.4 Å². The highest BCUT2D eigenvalue weighted by Crippen LogP contribution is 2.43. The molecule has 1 spiro atoms. The molecular formula is C20H29FN4O2S. The summed E-state index contributed by atoms with van der Waals surface area (Å²) in [4.78, 5) is 6.33. The Kier molecular flexibility index (Phi) is 5.82. The Morgan fingerprint density at radius 2 is 2.00 bits per heavy atom. The first-order valence-electron chi connectivity index (χ1n) is 9.48. The van der Waals surface area contributed by atoms with Crippen LogP contribution in [0.5, 0.6) is 5.75 Å². The van der Waals surface area contributed by atoms with Crippen molar-refractivity contribution in [2.75, 3.05) is 39.5 Å². The van der Waals surface area contributed by atoms with Crippen molar-refractivity contribution in [1.82, 2.24) is 9.21 Å². The fourth-order valence-corrected chi connectivity index (χ4v) is 5.32. The van der Waals surface area contributed by atoms with Gasteiger partial charge in [-0.1, -0.05) is 6.08 Å². The van der Waals surface area contributed by atoms with E-state index in [2.05, 4.69) is 16.6 Å². The van der Waals surface area contributed by atoms with Gasteiger partial charge in [0, 0.05) is 49.8 Å². The number of halogens is 1. The predicted molar refractivity (Wildman–Crippen MR) is 112 cm³/mol. The Morgan fingerprint density at radius 3 is 2.50 bits per heavy atom. The molecule has 0 bridgehead atoms. The highest BCUT2D eigenvalue weighted by molar-refractivity contribution is 7.89. The molecule has 0 aromatic heterocycles. The van der Waals surface area contributed by atoms with Crippen LogP contribution in [0.3, 0.4) is 0 Å². The molecule has 8 heteroatoms. The van der Waals surface area contributed by atoms with Gasteiger partial charge >= 0.3 is 0 Å². The van der Waals surface area contributed by atoms with Crippen molar-refractivity contribution in [3.8, 4) is 5.75 Å². The molecular weight excluding hydrogens is 379 g/mol. The molecule has 1 aromatic carbocycles. The van der Waals surface area contributed by atoms with Crippen LogP contribution >= 0.6 is 0 Å². The lowest BCUT2D eigenvalue weighted by Gasteiger charge is -2.41. The smallest absolute Gasteiger partial charge is 0.165 e. The van der Waals surface area contributed by atoms with E-state index in [9.17, 15) is 8.60 Å². The standard InChI is InChI=1S/C20H29FN4O2S/c1-5-18(15-12-16(21)19(27-3)13-17(15)23-2)24-9-6-20(7-10-24)8-11-25(14-20)28(4,22)26/h5,12-13,22H,2,6-11,14H2,1,3-4H3/b18-5+/t28-/m1/s1. The zero-order valence-corrected chi connectivity index (χ0v) is 17.6. The molecule has 0 aliphatic carbocycles. The number of rotatable bonds is 5. The Labute approximate surface area is 167 Å². The van der Waals surface area contributed by atoms with Crippen molar-refractivity contribution in [1.29, 1.82) is 4.78 Å². The zero-order valence-electron chi connectivity index (χ0n) is 16.8. The summed E-state index contributed by atoms with van der Waals surface area (Å²) in [7, 11) is -1.21. The summed E-state index contributed by atoms with van der Waals surface area (Å²) in [6, 6.07) is 3.04. The second-order valence-electron chi connectivity index (χ2n) is 7.74. The summed E-state index contributed by atoms with van der Waals surface area (Å²) in [5.41, 5.74) is 2.37. The van der Waals surface area contributed by atoms with Gasteiger partial charge in [0.25, 0.3) is 0 Å². The number of hydrogen-bond donors (Lipinski definition) is 1. The number of piperidine rings is 1. The summed E-state index contributed by atoms with van der Waals surface area (Å²) in [6.45, 7) is 8.68. The first kappa shape index (κ1) is 20.8. The summed E-state index contributed by atoms with van der Waals surface area (Å²) in [5, 5.41) is 0. The summed E-state index contributed by atoms with van der Waals surface area (Å²) < 4.78 is 41.2. The number of allylic oxidation sites excluding steroid dienone is 1. The monoisotopic (exact) mass is 408 g/mol. The lowest BCUT2D eigenvalue weighted by Crippen LogP contribution is -2.41. The van der Waals surface area contributed by atoms with Gasteiger partial charge in [-0.2, -0.15) is 0 Å². The van der Waals surface area contributed by atoms with Gasteiger partial charge in [0.05, 0.1) is 12.8 Å². The molecule has 2 aliphatic heterocycles. The molecule has 3 rings (SSSR count). The van der Waals surface area contributed by atoms with Crippen LogP contribution in [0.25, 0.3) is 5.70 Å².